The monoisotopic (exact) mass is 321 g/mol. The molecule has 0 bridgehead atoms. The third kappa shape index (κ3) is 3.10. The van der Waals surface area contributed by atoms with Gasteiger partial charge in [-0.1, -0.05) is 15.9 Å². The van der Waals surface area contributed by atoms with Crippen LogP contribution in [0, 0.1) is 11.3 Å². The van der Waals surface area contributed by atoms with Gasteiger partial charge in [0.1, 0.15) is 0 Å². The maximum atomic E-state index is 9.04. The Morgan fingerprint density at radius 3 is 2.58 bits per heavy atom. The van der Waals surface area contributed by atoms with Crippen LogP contribution in [0.2, 0.25) is 0 Å². The summed E-state index contributed by atoms with van der Waals surface area (Å²) in [4.78, 5) is 4.72. The highest BCUT2D eigenvalue weighted by Gasteiger charge is 2.36. The zero-order valence-electron chi connectivity index (χ0n) is 11.7. The summed E-state index contributed by atoms with van der Waals surface area (Å²) in [5.41, 5.74) is 1.32. The predicted molar refractivity (Wildman–Crippen MR) is 82.2 cm³/mol. The summed E-state index contributed by atoms with van der Waals surface area (Å²) in [7, 11) is 2.14. The number of benzene rings is 1. The van der Waals surface area contributed by atoms with Crippen molar-refractivity contribution in [3.8, 4) is 6.07 Å². The molecular weight excluding hydrogens is 302 g/mol. The van der Waals surface area contributed by atoms with Gasteiger partial charge in [0, 0.05) is 28.8 Å². The van der Waals surface area contributed by atoms with Crippen LogP contribution in [0.1, 0.15) is 20.3 Å². The van der Waals surface area contributed by atoms with E-state index in [0.29, 0.717) is 6.42 Å². The minimum atomic E-state index is 0.124. The molecule has 0 radical (unpaired) electrons. The van der Waals surface area contributed by atoms with E-state index < -0.39 is 0 Å². The van der Waals surface area contributed by atoms with Crippen molar-refractivity contribution in [3.63, 3.8) is 0 Å². The van der Waals surface area contributed by atoms with Gasteiger partial charge in [0.25, 0.3) is 0 Å². The van der Waals surface area contributed by atoms with Gasteiger partial charge in [-0.05, 0) is 45.2 Å². The van der Waals surface area contributed by atoms with Gasteiger partial charge in [-0.2, -0.15) is 5.26 Å². The molecule has 4 heteroatoms. The van der Waals surface area contributed by atoms with Gasteiger partial charge in [0.05, 0.1) is 18.5 Å². The van der Waals surface area contributed by atoms with Gasteiger partial charge in [0.15, 0.2) is 0 Å². The molecule has 1 aromatic rings. The molecule has 0 aliphatic carbocycles. The topological polar surface area (TPSA) is 30.3 Å². The smallest absolute Gasteiger partial charge is 0.0643 e. The second-order valence-corrected chi connectivity index (χ2v) is 6.73. The summed E-state index contributed by atoms with van der Waals surface area (Å²) in [5, 5.41) is 9.04. The van der Waals surface area contributed by atoms with Gasteiger partial charge in [-0.15, -0.1) is 0 Å². The van der Waals surface area contributed by atoms with Crippen molar-refractivity contribution < 1.29 is 0 Å². The van der Waals surface area contributed by atoms with Crippen molar-refractivity contribution in [2.24, 2.45) is 0 Å². The zero-order valence-corrected chi connectivity index (χ0v) is 13.3. The second kappa shape index (κ2) is 5.52. The molecule has 1 aromatic carbocycles. The van der Waals surface area contributed by atoms with Crippen LogP contribution in [0.4, 0.5) is 5.69 Å². The van der Waals surface area contributed by atoms with Gasteiger partial charge in [0.2, 0.25) is 0 Å². The molecular formula is C15H20BrN3. The maximum absolute atomic E-state index is 9.04. The first-order chi connectivity index (χ1) is 8.94. The molecule has 0 saturated carbocycles. The van der Waals surface area contributed by atoms with Gasteiger partial charge >= 0.3 is 0 Å². The number of anilines is 1. The molecule has 1 aliphatic heterocycles. The third-order valence-corrected chi connectivity index (χ3v) is 4.53. The number of halogens is 1. The van der Waals surface area contributed by atoms with E-state index in [0.717, 1.165) is 17.6 Å². The van der Waals surface area contributed by atoms with Crippen LogP contribution in [-0.2, 0) is 0 Å². The van der Waals surface area contributed by atoms with Crippen LogP contribution in [-0.4, -0.2) is 36.6 Å². The highest BCUT2D eigenvalue weighted by atomic mass is 79.9. The van der Waals surface area contributed by atoms with E-state index in [1.54, 1.807) is 0 Å². The molecule has 3 nitrogen and oxygen atoms in total. The molecule has 102 valence electrons. The lowest BCUT2D eigenvalue weighted by atomic mass is 9.94. The van der Waals surface area contributed by atoms with E-state index in [2.05, 4.69) is 77.0 Å². The highest BCUT2D eigenvalue weighted by Crippen LogP contribution is 2.29. The molecule has 19 heavy (non-hydrogen) atoms. The van der Waals surface area contributed by atoms with Crippen molar-refractivity contribution in [1.29, 1.82) is 5.26 Å². The highest BCUT2D eigenvalue weighted by molar-refractivity contribution is 9.10. The number of hydrogen-bond acceptors (Lipinski definition) is 3. The lowest BCUT2D eigenvalue weighted by Gasteiger charge is -2.50. The summed E-state index contributed by atoms with van der Waals surface area (Å²) >= 11 is 3.47. The Morgan fingerprint density at radius 1 is 1.37 bits per heavy atom. The average molecular weight is 322 g/mol. The Bertz CT molecular complexity index is 475. The average Bonchev–Trinajstić information content (AvgIpc) is 2.35. The Balaban J connectivity index is 2.28. The summed E-state index contributed by atoms with van der Waals surface area (Å²) in [6.45, 7) is 6.37. The Morgan fingerprint density at radius 2 is 2.00 bits per heavy atom. The van der Waals surface area contributed by atoms with Gasteiger partial charge in [-0.25, -0.2) is 0 Å². The van der Waals surface area contributed by atoms with Gasteiger partial charge < -0.3 is 4.90 Å². The maximum Gasteiger partial charge on any atom is 0.0643 e. The molecule has 1 aliphatic rings. The SMILES string of the molecule is CN1CC(CC#N)N(c2ccc(Br)cc2)CC1(C)C. The van der Waals surface area contributed by atoms with Crippen LogP contribution < -0.4 is 4.90 Å². The fraction of sp³-hybridized carbons (Fsp3) is 0.533. The van der Waals surface area contributed by atoms with Crippen molar-refractivity contribution in [2.75, 3.05) is 25.0 Å². The number of nitrogens with zero attached hydrogens (tertiary/aromatic N) is 3. The molecule has 0 aromatic heterocycles. The van der Waals surface area contributed by atoms with E-state index in [9.17, 15) is 0 Å². The Kier molecular flexibility index (Phi) is 4.17. The standard InChI is InChI=1S/C15H20BrN3/c1-15(2)11-19(13-6-4-12(16)5-7-13)14(8-9-17)10-18(15)3/h4-7,14H,8,10-11H2,1-3H3. The zero-order chi connectivity index (χ0) is 14.0. The molecule has 0 spiro atoms. The minimum Gasteiger partial charge on any atom is -0.364 e. The molecule has 0 N–H and O–H groups in total. The normalized spacial score (nSPS) is 23.1. The van der Waals surface area contributed by atoms with E-state index >= 15 is 0 Å². The summed E-state index contributed by atoms with van der Waals surface area (Å²) < 4.78 is 1.08. The van der Waals surface area contributed by atoms with E-state index in [1.807, 2.05) is 0 Å². The molecule has 1 atom stereocenters. The first-order valence-corrected chi connectivity index (χ1v) is 7.34. The Labute approximate surface area is 123 Å². The fourth-order valence-corrected chi connectivity index (χ4v) is 2.81. The minimum absolute atomic E-state index is 0.124. The van der Waals surface area contributed by atoms with E-state index in [-0.39, 0.29) is 11.6 Å². The number of nitriles is 1. The molecule has 2 rings (SSSR count). The van der Waals surface area contributed by atoms with Crippen LogP contribution in [0.3, 0.4) is 0 Å². The number of likely N-dealkylation sites (N-methyl/N-ethyl adjacent to an activating group) is 1. The van der Waals surface area contributed by atoms with Crippen LogP contribution >= 0.6 is 15.9 Å². The number of hydrogen-bond donors (Lipinski definition) is 0. The third-order valence-electron chi connectivity index (χ3n) is 4.00. The van der Waals surface area contributed by atoms with Gasteiger partial charge in [-0.3, -0.25) is 4.90 Å². The molecule has 1 saturated heterocycles. The lowest BCUT2D eigenvalue weighted by Crippen LogP contribution is -2.62. The van der Waals surface area contributed by atoms with Crippen LogP contribution in [0.15, 0.2) is 28.7 Å². The van der Waals surface area contributed by atoms with Crippen molar-refractivity contribution in [3.05, 3.63) is 28.7 Å². The second-order valence-electron chi connectivity index (χ2n) is 5.81. The van der Waals surface area contributed by atoms with Crippen LogP contribution in [0.5, 0.6) is 0 Å². The molecule has 1 fully saturated rings. The summed E-state index contributed by atoms with van der Waals surface area (Å²) in [5.74, 6) is 0. The van der Waals surface area contributed by atoms with Crippen LogP contribution in [0.25, 0.3) is 0 Å². The number of piperazine rings is 1. The first kappa shape index (κ1) is 14.4. The molecule has 0 amide bonds. The van der Waals surface area contributed by atoms with E-state index in [1.165, 1.54) is 5.69 Å². The lowest BCUT2D eigenvalue weighted by molar-refractivity contribution is 0.115. The summed E-state index contributed by atoms with van der Waals surface area (Å²) in [6, 6.07) is 10.9. The summed E-state index contributed by atoms with van der Waals surface area (Å²) in [6.07, 6.45) is 0.566. The van der Waals surface area contributed by atoms with Crippen molar-refractivity contribution >= 4 is 21.6 Å². The Hall–Kier alpha value is -1.05. The fourth-order valence-electron chi connectivity index (χ4n) is 2.54. The first-order valence-electron chi connectivity index (χ1n) is 6.54. The number of rotatable bonds is 2. The van der Waals surface area contributed by atoms with E-state index in [4.69, 9.17) is 5.26 Å². The van der Waals surface area contributed by atoms with Crippen molar-refractivity contribution in [2.45, 2.75) is 31.8 Å². The molecule has 1 heterocycles. The predicted octanol–water partition coefficient (Wildman–Crippen LogP) is 3.26. The molecule has 1 unspecified atom stereocenters. The quantitative estimate of drug-likeness (QED) is 0.837. The van der Waals surface area contributed by atoms with Crippen molar-refractivity contribution in [1.82, 2.24) is 4.90 Å². The largest absolute Gasteiger partial charge is 0.364 e.